The molecule has 0 unspecified atom stereocenters. The molecule has 0 spiro atoms. The molecule has 0 bridgehead atoms. The SMILES string of the molecule is C[C@@H](C1=CCCCC1)n1cnc2ncccc2c1=O. The first-order valence-corrected chi connectivity index (χ1v) is 6.78. The topological polar surface area (TPSA) is 47.8 Å². The van der Waals surface area contributed by atoms with Crippen LogP contribution in [0.3, 0.4) is 0 Å². The normalized spacial score (nSPS) is 17.2. The van der Waals surface area contributed by atoms with Gasteiger partial charge in [-0.15, -0.1) is 0 Å². The molecule has 3 rings (SSSR count). The van der Waals surface area contributed by atoms with Crippen molar-refractivity contribution in [1.82, 2.24) is 14.5 Å². The summed E-state index contributed by atoms with van der Waals surface area (Å²) < 4.78 is 1.72. The monoisotopic (exact) mass is 255 g/mol. The van der Waals surface area contributed by atoms with Gasteiger partial charge in [0.25, 0.3) is 5.56 Å². The van der Waals surface area contributed by atoms with Gasteiger partial charge in [-0.25, -0.2) is 9.97 Å². The second-order valence-electron chi connectivity index (χ2n) is 5.03. The fraction of sp³-hybridized carbons (Fsp3) is 0.400. The molecule has 2 aromatic heterocycles. The van der Waals surface area contributed by atoms with E-state index in [1.165, 1.54) is 18.4 Å². The fourth-order valence-corrected chi connectivity index (χ4v) is 2.67. The predicted octanol–water partition coefficient (Wildman–Crippen LogP) is 2.85. The van der Waals surface area contributed by atoms with Crippen molar-refractivity contribution in [2.24, 2.45) is 0 Å². The third-order valence-electron chi connectivity index (χ3n) is 3.84. The summed E-state index contributed by atoms with van der Waals surface area (Å²) in [5, 5.41) is 0.591. The Bertz CT molecular complexity index is 687. The molecular formula is C15H17N3O. The second-order valence-corrected chi connectivity index (χ2v) is 5.03. The number of pyridine rings is 1. The average Bonchev–Trinajstić information content (AvgIpc) is 2.48. The van der Waals surface area contributed by atoms with Crippen LogP contribution < -0.4 is 5.56 Å². The molecule has 4 nitrogen and oxygen atoms in total. The number of hydrogen-bond donors (Lipinski definition) is 0. The molecule has 2 aromatic rings. The minimum atomic E-state index is -0.00271. The Morgan fingerprint density at radius 3 is 3.00 bits per heavy atom. The smallest absolute Gasteiger partial charge is 0.263 e. The molecule has 0 aliphatic heterocycles. The van der Waals surface area contributed by atoms with E-state index in [4.69, 9.17) is 0 Å². The van der Waals surface area contributed by atoms with E-state index >= 15 is 0 Å². The number of nitrogens with zero attached hydrogens (tertiary/aromatic N) is 3. The third kappa shape index (κ3) is 2.18. The zero-order chi connectivity index (χ0) is 13.2. The summed E-state index contributed by atoms with van der Waals surface area (Å²) in [7, 11) is 0. The Morgan fingerprint density at radius 2 is 2.21 bits per heavy atom. The highest BCUT2D eigenvalue weighted by Crippen LogP contribution is 2.26. The van der Waals surface area contributed by atoms with E-state index in [1.54, 1.807) is 29.2 Å². The Morgan fingerprint density at radius 1 is 1.32 bits per heavy atom. The van der Waals surface area contributed by atoms with Gasteiger partial charge in [-0.3, -0.25) is 9.36 Å². The van der Waals surface area contributed by atoms with E-state index < -0.39 is 0 Å². The van der Waals surface area contributed by atoms with Crippen LogP contribution in [0.4, 0.5) is 0 Å². The molecule has 0 amide bonds. The van der Waals surface area contributed by atoms with Gasteiger partial charge in [0, 0.05) is 6.20 Å². The van der Waals surface area contributed by atoms with Gasteiger partial charge >= 0.3 is 0 Å². The Kier molecular flexibility index (Phi) is 3.15. The summed E-state index contributed by atoms with van der Waals surface area (Å²) in [5.41, 5.74) is 1.86. The Hall–Kier alpha value is -1.97. The molecule has 1 atom stereocenters. The van der Waals surface area contributed by atoms with Gasteiger partial charge in [0.15, 0.2) is 5.65 Å². The van der Waals surface area contributed by atoms with Crippen molar-refractivity contribution < 1.29 is 0 Å². The van der Waals surface area contributed by atoms with Gasteiger partial charge in [-0.1, -0.05) is 11.6 Å². The van der Waals surface area contributed by atoms with Crippen molar-refractivity contribution >= 4 is 11.0 Å². The molecule has 0 saturated heterocycles. The summed E-state index contributed by atoms with van der Waals surface area (Å²) in [5.74, 6) is 0. The summed E-state index contributed by atoms with van der Waals surface area (Å²) in [6.07, 6.45) is 10.2. The average molecular weight is 255 g/mol. The van der Waals surface area contributed by atoms with E-state index in [0.717, 1.165) is 12.8 Å². The molecule has 0 saturated carbocycles. The maximum atomic E-state index is 12.5. The maximum absolute atomic E-state index is 12.5. The van der Waals surface area contributed by atoms with Crippen molar-refractivity contribution in [3.8, 4) is 0 Å². The van der Waals surface area contributed by atoms with Crippen molar-refractivity contribution in [1.29, 1.82) is 0 Å². The van der Waals surface area contributed by atoms with E-state index in [-0.39, 0.29) is 11.6 Å². The molecule has 0 radical (unpaired) electrons. The number of rotatable bonds is 2. The molecule has 1 aliphatic carbocycles. The van der Waals surface area contributed by atoms with Crippen LogP contribution in [0, 0.1) is 0 Å². The first-order chi connectivity index (χ1) is 9.27. The van der Waals surface area contributed by atoms with Crippen LogP contribution in [0.15, 0.2) is 41.1 Å². The largest absolute Gasteiger partial charge is 0.292 e. The predicted molar refractivity (Wildman–Crippen MR) is 75.1 cm³/mol. The summed E-state index contributed by atoms with van der Waals surface area (Å²) in [4.78, 5) is 20.9. The summed E-state index contributed by atoms with van der Waals surface area (Å²) >= 11 is 0. The van der Waals surface area contributed by atoms with Gasteiger partial charge in [-0.2, -0.15) is 0 Å². The van der Waals surface area contributed by atoms with Gasteiger partial charge in [-0.05, 0) is 44.7 Å². The van der Waals surface area contributed by atoms with Gasteiger partial charge in [0.05, 0.1) is 11.4 Å². The standard InChI is InChI=1S/C15H17N3O/c1-11(12-6-3-2-4-7-12)18-10-17-14-13(15(18)19)8-5-9-16-14/h5-6,8-11H,2-4,7H2,1H3/t11-/m0/s1. The third-order valence-corrected chi connectivity index (χ3v) is 3.84. The Labute approximate surface area is 111 Å². The van der Waals surface area contributed by atoms with Crippen molar-refractivity contribution in [3.63, 3.8) is 0 Å². The minimum Gasteiger partial charge on any atom is -0.292 e. The first kappa shape index (κ1) is 12.1. The minimum absolute atomic E-state index is 0.00271. The summed E-state index contributed by atoms with van der Waals surface area (Å²) in [6.45, 7) is 2.07. The molecule has 19 heavy (non-hydrogen) atoms. The van der Waals surface area contributed by atoms with Gasteiger partial charge in [0.1, 0.15) is 6.33 Å². The Balaban J connectivity index is 2.08. The summed E-state index contributed by atoms with van der Waals surface area (Å²) in [6, 6.07) is 3.65. The van der Waals surface area contributed by atoms with E-state index in [0.29, 0.717) is 11.0 Å². The number of hydrogen-bond acceptors (Lipinski definition) is 3. The molecule has 1 aliphatic rings. The number of fused-ring (bicyclic) bond motifs is 1. The van der Waals surface area contributed by atoms with Crippen molar-refractivity contribution in [2.75, 3.05) is 0 Å². The second kappa shape index (κ2) is 4.96. The van der Waals surface area contributed by atoms with Crippen molar-refractivity contribution in [3.05, 3.63) is 46.7 Å². The van der Waals surface area contributed by atoms with Crippen LogP contribution in [-0.4, -0.2) is 14.5 Å². The zero-order valence-electron chi connectivity index (χ0n) is 11.0. The van der Waals surface area contributed by atoms with Gasteiger partial charge in [0.2, 0.25) is 0 Å². The lowest BCUT2D eigenvalue weighted by Crippen LogP contribution is -2.25. The van der Waals surface area contributed by atoms with Crippen molar-refractivity contribution in [2.45, 2.75) is 38.6 Å². The van der Waals surface area contributed by atoms with Gasteiger partial charge < -0.3 is 0 Å². The molecular weight excluding hydrogens is 238 g/mol. The highest BCUT2D eigenvalue weighted by atomic mass is 16.1. The van der Waals surface area contributed by atoms with Crippen LogP contribution in [0.1, 0.15) is 38.6 Å². The lowest BCUT2D eigenvalue weighted by Gasteiger charge is -2.21. The van der Waals surface area contributed by atoms with Crippen LogP contribution >= 0.6 is 0 Å². The van der Waals surface area contributed by atoms with Crippen LogP contribution in [0.25, 0.3) is 11.0 Å². The van der Waals surface area contributed by atoms with E-state index in [9.17, 15) is 4.79 Å². The van der Waals surface area contributed by atoms with E-state index in [2.05, 4.69) is 23.0 Å². The fourth-order valence-electron chi connectivity index (χ4n) is 2.67. The lowest BCUT2D eigenvalue weighted by molar-refractivity contribution is 0.544. The zero-order valence-corrected chi connectivity index (χ0v) is 11.0. The van der Waals surface area contributed by atoms with Crippen LogP contribution in [0.5, 0.6) is 0 Å². The molecule has 0 N–H and O–H groups in total. The van der Waals surface area contributed by atoms with E-state index in [1.807, 2.05) is 0 Å². The molecule has 2 heterocycles. The maximum Gasteiger partial charge on any atom is 0.263 e. The molecule has 4 heteroatoms. The number of aromatic nitrogens is 3. The quantitative estimate of drug-likeness (QED) is 0.775. The number of allylic oxidation sites excluding steroid dienone is 2. The molecule has 98 valence electrons. The first-order valence-electron chi connectivity index (χ1n) is 6.78. The molecule has 0 aromatic carbocycles. The van der Waals surface area contributed by atoms with Crippen LogP contribution in [-0.2, 0) is 0 Å². The lowest BCUT2D eigenvalue weighted by atomic mass is 9.94. The highest BCUT2D eigenvalue weighted by molar-refractivity contribution is 5.72. The van der Waals surface area contributed by atoms with Crippen LogP contribution in [0.2, 0.25) is 0 Å². The molecule has 0 fully saturated rings. The highest BCUT2D eigenvalue weighted by Gasteiger charge is 2.15.